The van der Waals surface area contributed by atoms with Crippen molar-refractivity contribution in [2.24, 2.45) is 0 Å². The van der Waals surface area contributed by atoms with Gasteiger partial charge in [0.05, 0.1) is 23.4 Å². The van der Waals surface area contributed by atoms with Crippen LogP contribution < -0.4 is 4.90 Å². The van der Waals surface area contributed by atoms with Crippen molar-refractivity contribution < 1.29 is 13.6 Å². The van der Waals surface area contributed by atoms with Crippen LogP contribution in [0.4, 0.5) is 13.9 Å². The highest BCUT2D eigenvalue weighted by Gasteiger charge is 2.22. The lowest BCUT2D eigenvalue weighted by Gasteiger charge is -2.19. The second-order valence-corrected chi connectivity index (χ2v) is 9.13. The van der Waals surface area contributed by atoms with Crippen molar-refractivity contribution in [2.45, 2.75) is 24.8 Å². The molecule has 0 aliphatic rings. The van der Waals surface area contributed by atoms with Gasteiger partial charge in [0.1, 0.15) is 11.3 Å². The van der Waals surface area contributed by atoms with Crippen LogP contribution in [0.1, 0.15) is 18.2 Å². The number of fused-ring (bicyclic) bond motifs is 1. The molecule has 4 rings (SSSR count). The highest BCUT2D eigenvalue weighted by Crippen LogP contribution is 2.32. The van der Waals surface area contributed by atoms with Crippen molar-refractivity contribution in [2.75, 3.05) is 10.7 Å². The highest BCUT2D eigenvalue weighted by molar-refractivity contribution is 7.99. The summed E-state index contributed by atoms with van der Waals surface area (Å²) in [6.45, 7) is 2.28. The van der Waals surface area contributed by atoms with E-state index in [9.17, 15) is 13.6 Å². The number of hydrogen-bond acceptors (Lipinski definition) is 5. The van der Waals surface area contributed by atoms with Gasteiger partial charge in [-0.3, -0.25) is 14.7 Å². The number of amides is 1. The summed E-state index contributed by atoms with van der Waals surface area (Å²) in [5.74, 6) is -0.633. The zero-order valence-electron chi connectivity index (χ0n) is 16.7. The van der Waals surface area contributed by atoms with E-state index in [1.165, 1.54) is 11.0 Å². The third kappa shape index (κ3) is 5.08. The minimum atomic E-state index is -0.744. The summed E-state index contributed by atoms with van der Waals surface area (Å²) < 4.78 is 28.2. The van der Waals surface area contributed by atoms with Crippen LogP contribution in [-0.2, 0) is 17.8 Å². The number of benzene rings is 2. The molecule has 0 fully saturated rings. The van der Waals surface area contributed by atoms with Crippen LogP contribution in [0.5, 0.6) is 0 Å². The van der Waals surface area contributed by atoms with E-state index in [2.05, 4.69) is 16.9 Å². The van der Waals surface area contributed by atoms with E-state index in [0.29, 0.717) is 15.5 Å². The fourth-order valence-corrected chi connectivity index (χ4v) is 4.80. The van der Waals surface area contributed by atoms with Crippen molar-refractivity contribution in [1.82, 2.24) is 9.97 Å². The van der Waals surface area contributed by atoms with Gasteiger partial charge in [0, 0.05) is 17.2 Å². The van der Waals surface area contributed by atoms with Gasteiger partial charge in [-0.05, 0) is 41.6 Å². The summed E-state index contributed by atoms with van der Waals surface area (Å²) >= 11 is 2.82. The van der Waals surface area contributed by atoms with Crippen LogP contribution in [-0.4, -0.2) is 21.6 Å². The summed E-state index contributed by atoms with van der Waals surface area (Å²) in [6.07, 6.45) is 1.81. The normalized spacial score (nSPS) is 11.1. The SMILES string of the molecule is CCSc1ccc(CC(=O)N(Cc2ccccn2)c2nc3c(F)cc(F)cc3s2)cc1. The molecule has 0 aliphatic carbocycles. The molecular formula is C23H19F2N3OS2. The monoisotopic (exact) mass is 455 g/mol. The van der Waals surface area contributed by atoms with Crippen LogP contribution in [0.3, 0.4) is 0 Å². The van der Waals surface area contributed by atoms with Crippen molar-refractivity contribution in [1.29, 1.82) is 0 Å². The maximum Gasteiger partial charge on any atom is 0.233 e. The largest absolute Gasteiger partial charge is 0.282 e. The second-order valence-electron chi connectivity index (χ2n) is 6.79. The number of nitrogens with zero attached hydrogens (tertiary/aromatic N) is 3. The van der Waals surface area contributed by atoms with Gasteiger partial charge in [-0.1, -0.05) is 36.5 Å². The molecule has 2 aromatic carbocycles. The second kappa shape index (κ2) is 9.53. The Labute approximate surface area is 187 Å². The van der Waals surface area contributed by atoms with Gasteiger partial charge in [-0.15, -0.1) is 11.8 Å². The van der Waals surface area contributed by atoms with E-state index in [4.69, 9.17) is 0 Å². The molecule has 0 atom stereocenters. The van der Waals surface area contributed by atoms with Gasteiger partial charge < -0.3 is 0 Å². The molecule has 2 aromatic heterocycles. The topological polar surface area (TPSA) is 46.1 Å². The Bertz CT molecular complexity index is 1200. The molecule has 0 N–H and O–H groups in total. The van der Waals surface area contributed by atoms with Crippen LogP contribution in [0.2, 0.25) is 0 Å². The number of aromatic nitrogens is 2. The van der Waals surface area contributed by atoms with E-state index in [1.54, 1.807) is 24.0 Å². The van der Waals surface area contributed by atoms with E-state index in [1.807, 2.05) is 36.4 Å². The predicted octanol–water partition coefficient (Wildman–Crippen LogP) is 5.86. The molecule has 0 unspecified atom stereocenters. The van der Waals surface area contributed by atoms with Crippen molar-refractivity contribution in [3.8, 4) is 0 Å². The number of rotatable bonds is 7. The van der Waals surface area contributed by atoms with Crippen molar-refractivity contribution in [3.63, 3.8) is 0 Å². The number of pyridine rings is 1. The first-order chi connectivity index (χ1) is 15.0. The first-order valence-electron chi connectivity index (χ1n) is 9.71. The molecule has 8 heteroatoms. The Morgan fingerprint density at radius 1 is 1.13 bits per heavy atom. The zero-order chi connectivity index (χ0) is 21.8. The van der Waals surface area contributed by atoms with Crippen molar-refractivity contribution in [3.05, 3.63) is 83.7 Å². The minimum absolute atomic E-state index is 0.0566. The van der Waals surface area contributed by atoms with Crippen molar-refractivity contribution >= 4 is 44.4 Å². The molecule has 31 heavy (non-hydrogen) atoms. The number of thiazole rings is 1. The lowest BCUT2D eigenvalue weighted by atomic mass is 10.1. The molecule has 4 aromatic rings. The Hall–Kier alpha value is -2.84. The number of anilines is 1. The third-order valence-electron chi connectivity index (χ3n) is 4.57. The Balaban J connectivity index is 1.65. The summed E-state index contributed by atoms with van der Waals surface area (Å²) in [5.41, 5.74) is 1.60. The van der Waals surface area contributed by atoms with Gasteiger partial charge in [0.15, 0.2) is 10.9 Å². The smallest absolute Gasteiger partial charge is 0.233 e. The number of thioether (sulfide) groups is 1. The molecule has 0 saturated carbocycles. The average Bonchev–Trinajstić information content (AvgIpc) is 3.18. The van der Waals surface area contributed by atoms with Gasteiger partial charge in [-0.25, -0.2) is 13.8 Å². The number of halogens is 2. The summed E-state index contributed by atoms with van der Waals surface area (Å²) in [5, 5.41) is 0.313. The third-order valence-corrected chi connectivity index (χ3v) is 6.49. The van der Waals surface area contributed by atoms with Crippen LogP contribution >= 0.6 is 23.1 Å². The minimum Gasteiger partial charge on any atom is -0.282 e. The Morgan fingerprint density at radius 3 is 2.65 bits per heavy atom. The maximum atomic E-state index is 14.2. The Morgan fingerprint density at radius 2 is 1.94 bits per heavy atom. The van der Waals surface area contributed by atoms with Crippen LogP contribution in [0.25, 0.3) is 10.2 Å². The quantitative estimate of drug-likeness (QED) is 0.328. The lowest BCUT2D eigenvalue weighted by Crippen LogP contribution is -2.32. The summed E-state index contributed by atoms with van der Waals surface area (Å²) in [6, 6.07) is 15.3. The summed E-state index contributed by atoms with van der Waals surface area (Å²) in [7, 11) is 0. The van der Waals surface area contributed by atoms with Crippen LogP contribution in [0, 0.1) is 11.6 Å². The molecule has 0 spiro atoms. The molecule has 0 aliphatic heterocycles. The first kappa shape index (κ1) is 21.4. The van der Waals surface area contributed by atoms with Gasteiger partial charge in [0.25, 0.3) is 0 Å². The molecule has 2 heterocycles. The molecular weight excluding hydrogens is 436 g/mol. The zero-order valence-corrected chi connectivity index (χ0v) is 18.4. The lowest BCUT2D eigenvalue weighted by molar-refractivity contribution is -0.118. The molecule has 1 amide bonds. The van der Waals surface area contributed by atoms with E-state index < -0.39 is 11.6 Å². The first-order valence-corrected chi connectivity index (χ1v) is 11.5. The molecule has 0 saturated heterocycles. The van der Waals surface area contributed by atoms with Gasteiger partial charge >= 0.3 is 0 Å². The van der Waals surface area contributed by atoms with E-state index >= 15 is 0 Å². The summed E-state index contributed by atoms with van der Waals surface area (Å²) in [4.78, 5) is 24.5. The van der Waals surface area contributed by atoms with E-state index in [-0.39, 0.29) is 24.4 Å². The number of carbonyl (C=O) groups excluding carboxylic acids is 1. The highest BCUT2D eigenvalue weighted by atomic mass is 32.2. The predicted molar refractivity (Wildman–Crippen MR) is 122 cm³/mol. The van der Waals surface area contributed by atoms with Crippen LogP contribution in [0.15, 0.2) is 65.7 Å². The molecule has 0 radical (unpaired) electrons. The number of carbonyl (C=O) groups is 1. The molecule has 4 nitrogen and oxygen atoms in total. The number of hydrogen-bond donors (Lipinski definition) is 0. The van der Waals surface area contributed by atoms with E-state index in [0.717, 1.165) is 33.6 Å². The molecule has 158 valence electrons. The average molecular weight is 456 g/mol. The Kier molecular flexibility index (Phi) is 6.58. The fourth-order valence-electron chi connectivity index (χ4n) is 3.12. The van der Waals surface area contributed by atoms with Gasteiger partial charge in [-0.2, -0.15) is 0 Å². The fraction of sp³-hybridized carbons (Fsp3) is 0.174. The van der Waals surface area contributed by atoms with Gasteiger partial charge in [0.2, 0.25) is 5.91 Å². The maximum absolute atomic E-state index is 14.2. The molecule has 0 bridgehead atoms. The standard InChI is InChI=1S/C23H19F2N3OS2/c1-2-30-18-8-6-15(7-9-18)11-21(29)28(14-17-5-3-4-10-26-17)23-27-22-19(25)12-16(24)13-20(22)31-23/h3-10,12-13H,2,11,14H2,1H3.